The van der Waals surface area contributed by atoms with Crippen LogP contribution in [0, 0.1) is 5.82 Å². The van der Waals surface area contributed by atoms with Crippen LogP contribution in [0.25, 0.3) is 0 Å². The zero-order chi connectivity index (χ0) is 15.6. The van der Waals surface area contributed by atoms with E-state index in [1.807, 2.05) is 14.1 Å². The molecule has 116 valence electrons. The molecule has 0 aromatic carbocycles. The van der Waals surface area contributed by atoms with Gasteiger partial charge in [0, 0.05) is 25.3 Å². The second kappa shape index (κ2) is 5.95. The number of rotatable bonds is 5. The van der Waals surface area contributed by atoms with Gasteiger partial charge in [-0.05, 0) is 39.4 Å². The minimum atomic E-state index is -0.718. The average Bonchev–Trinajstić information content (AvgIpc) is 2.41. The molecule has 7 heteroatoms. The predicted molar refractivity (Wildman–Crippen MR) is 79.2 cm³/mol. The van der Waals surface area contributed by atoms with Crippen LogP contribution in [0.3, 0.4) is 0 Å². The van der Waals surface area contributed by atoms with Crippen molar-refractivity contribution in [2.45, 2.75) is 24.8 Å². The van der Waals surface area contributed by atoms with Gasteiger partial charge < -0.3 is 15.2 Å². The number of hydrazine groups is 1. The van der Waals surface area contributed by atoms with Crippen LogP contribution in [-0.4, -0.2) is 53.9 Å². The molecule has 1 aliphatic carbocycles. The zero-order valence-corrected chi connectivity index (χ0v) is 12.7. The van der Waals surface area contributed by atoms with Crippen LogP contribution in [0.15, 0.2) is 12.3 Å². The molecule has 0 atom stereocenters. The molecule has 0 saturated heterocycles. The monoisotopic (exact) mass is 295 g/mol. The van der Waals surface area contributed by atoms with Gasteiger partial charge in [0.05, 0.1) is 5.56 Å². The minimum Gasteiger partial charge on any atom is -0.340 e. The summed E-state index contributed by atoms with van der Waals surface area (Å²) in [6.07, 6.45) is 4.62. The highest BCUT2D eigenvalue weighted by atomic mass is 19.1. The van der Waals surface area contributed by atoms with Crippen LogP contribution in [0.5, 0.6) is 0 Å². The Morgan fingerprint density at radius 1 is 1.48 bits per heavy atom. The maximum absolute atomic E-state index is 14.1. The van der Waals surface area contributed by atoms with E-state index in [0.29, 0.717) is 6.54 Å². The number of nitrogen functional groups attached to an aromatic ring is 1. The van der Waals surface area contributed by atoms with Gasteiger partial charge in [0.2, 0.25) is 0 Å². The molecule has 1 amide bonds. The van der Waals surface area contributed by atoms with E-state index in [0.717, 1.165) is 19.3 Å². The third kappa shape index (κ3) is 2.84. The first-order valence-corrected chi connectivity index (χ1v) is 6.95. The van der Waals surface area contributed by atoms with Gasteiger partial charge in [-0.25, -0.2) is 15.2 Å². The Bertz CT molecular complexity index is 530. The summed E-state index contributed by atoms with van der Waals surface area (Å²) in [5, 5.41) is 0. The fourth-order valence-electron chi connectivity index (χ4n) is 2.76. The number of hydrogen-bond acceptors (Lipinski definition) is 5. The van der Waals surface area contributed by atoms with Crippen molar-refractivity contribution in [3.05, 3.63) is 23.6 Å². The smallest absolute Gasteiger partial charge is 0.256 e. The van der Waals surface area contributed by atoms with Crippen LogP contribution in [0.1, 0.15) is 29.6 Å². The molecule has 0 aliphatic heterocycles. The average molecular weight is 295 g/mol. The maximum atomic E-state index is 14.1. The molecule has 3 N–H and O–H groups in total. The third-order valence-corrected chi connectivity index (χ3v) is 4.37. The van der Waals surface area contributed by atoms with Gasteiger partial charge in [-0.2, -0.15) is 0 Å². The number of pyridine rings is 1. The number of carbonyl (C=O) groups is 1. The molecule has 1 saturated carbocycles. The molecule has 1 fully saturated rings. The van der Waals surface area contributed by atoms with Crippen molar-refractivity contribution in [2.24, 2.45) is 5.84 Å². The molecule has 1 heterocycles. The van der Waals surface area contributed by atoms with E-state index < -0.39 is 5.82 Å². The number of hydrogen-bond donors (Lipinski definition) is 2. The lowest BCUT2D eigenvalue weighted by Gasteiger charge is -2.49. The number of halogens is 1. The van der Waals surface area contributed by atoms with Crippen LogP contribution < -0.4 is 11.3 Å². The zero-order valence-electron chi connectivity index (χ0n) is 12.7. The SMILES string of the molecule is CN(CC1(N(C)C)CCC1)C(=O)c1ccnc(NN)c1F. The number of aromatic nitrogens is 1. The van der Waals surface area contributed by atoms with E-state index >= 15 is 0 Å². The van der Waals surface area contributed by atoms with Crippen LogP contribution in [0.2, 0.25) is 0 Å². The molecule has 1 aromatic rings. The largest absolute Gasteiger partial charge is 0.340 e. The summed E-state index contributed by atoms with van der Waals surface area (Å²) < 4.78 is 14.1. The third-order valence-electron chi connectivity index (χ3n) is 4.37. The van der Waals surface area contributed by atoms with E-state index in [1.165, 1.54) is 12.3 Å². The number of nitrogens with zero attached hydrogens (tertiary/aromatic N) is 3. The molecule has 0 bridgehead atoms. The second-order valence-corrected chi connectivity index (χ2v) is 5.80. The lowest BCUT2D eigenvalue weighted by Crippen LogP contribution is -2.57. The molecule has 2 rings (SSSR count). The molecule has 0 unspecified atom stereocenters. The van der Waals surface area contributed by atoms with E-state index in [9.17, 15) is 9.18 Å². The fourth-order valence-corrected chi connectivity index (χ4v) is 2.76. The first-order chi connectivity index (χ1) is 9.91. The number of anilines is 1. The van der Waals surface area contributed by atoms with E-state index in [2.05, 4.69) is 15.3 Å². The maximum Gasteiger partial charge on any atom is 0.256 e. The first kappa shape index (κ1) is 15.7. The summed E-state index contributed by atoms with van der Waals surface area (Å²) in [6.45, 7) is 0.575. The number of carbonyl (C=O) groups excluding carboxylic acids is 1. The minimum absolute atomic E-state index is 0.00284. The Morgan fingerprint density at radius 2 is 2.14 bits per heavy atom. The second-order valence-electron chi connectivity index (χ2n) is 5.80. The van der Waals surface area contributed by atoms with Crippen LogP contribution in [0.4, 0.5) is 10.2 Å². The summed E-state index contributed by atoms with van der Waals surface area (Å²) >= 11 is 0. The molecule has 6 nitrogen and oxygen atoms in total. The van der Waals surface area contributed by atoms with Crippen molar-refractivity contribution >= 4 is 11.7 Å². The van der Waals surface area contributed by atoms with Gasteiger partial charge in [-0.15, -0.1) is 0 Å². The fraction of sp³-hybridized carbons (Fsp3) is 0.571. The molecular formula is C14H22FN5O. The summed E-state index contributed by atoms with van der Waals surface area (Å²) in [5.41, 5.74) is 2.14. The molecule has 1 aromatic heterocycles. The number of amides is 1. The van der Waals surface area contributed by atoms with Crippen molar-refractivity contribution in [2.75, 3.05) is 33.1 Å². The lowest BCUT2D eigenvalue weighted by atomic mass is 9.75. The number of nitrogens with one attached hydrogen (secondary N) is 1. The topological polar surface area (TPSA) is 74.5 Å². The van der Waals surface area contributed by atoms with Gasteiger partial charge in [-0.3, -0.25) is 4.79 Å². The highest BCUT2D eigenvalue weighted by Gasteiger charge is 2.41. The molecule has 0 spiro atoms. The lowest BCUT2D eigenvalue weighted by molar-refractivity contribution is 0.0250. The van der Waals surface area contributed by atoms with Crippen molar-refractivity contribution in [3.8, 4) is 0 Å². The Morgan fingerprint density at radius 3 is 2.62 bits per heavy atom. The summed E-state index contributed by atoms with van der Waals surface area (Å²) in [5.74, 6) is 3.98. The molecule has 0 radical (unpaired) electrons. The highest BCUT2D eigenvalue weighted by molar-refractivity contribution is 5.95. The van der Waals surface area contributed by atoms with E-state index in [-0.39, 0.29) is 22.8 Å². The Hall–Kier alpha value is -1.73. The Kier molecular flexibility index (Phi) is 4.43. The number of likely N-dealkylation sites (N-methyl/N-ethyl adjacent to an activating group) is 2. The van der Waals surface area contributed by atoms with Crippen LogP contribution >= 0.6 is 0 Å². The van der Waals surface area contributed by atoms with Gasteiger partial charge in [0.15, 0.2) is 11.6 Å². The molecule has 21 heavy (non-hydrogen) atoms. The van der Waals surface area contributed by atoms with Gasteiger partial charge in [0.25, 0.3) is 5.91 Å². The number of nitrogens with two attached hydrogens (primary N) is 1. The summed E-state index contributed by atoms with van der Waals surface area (Å²) in [7, 11) is 5.73. The van der Waals surface area contributed by atoms with Crippen molar-refractivity contribution in [1.29, 1.82) is 0 Å². The van der Waals surface area contributed by atoms with Crippen molar-refractivity contribution < 1.29 is 9.18 Å². The van der Waals surface area contributed by atoms with Gasteiger partial charge in [-0.1, -0.05) is 0 Å². The normalized spacial score (nSPS) is 16.5. The first-order valence-electron chi connectivity index (χ1n) is 6.95. The van der Waals surface area contributed by atoms with Crippen molar-refractivity contribution in [3.63, 3.8) is 0 Å². The molecular weight excluding hydrogens is 273 g/mol. The standard InChI is InChI=1S/C14H22FN5O/c1-19(2)14(6-4-7-14)9-20(3)13(21)10-5-8-17-12(18-16)11(10)15/h5,8H,4,6-7,9,16H2,1-3H3,(H,17,18). The van der Waals surface area contributed by atoms with Crippen molar-refractivity contribution in [1.82, 2.24) is 14.8 Å². The highest BCUT2D eigenvalue weighted by Crippen LogP contribution is 2.36. The van der Waals surface area contributed by atoms with Crippen LogP contribution in [-0.2, 0) is 0 Å². The Balaban J connectivity index is 2.16. The summed E-state index contributed by atoms with van der Waals surface area (Å²) in [4.78, 5) is 19.9. The van der Waals surface area contributed by atoms with Gasteiger partial charge in [0.1, 0.15) is 0 Å². The van der Waals surface area contributed by atoms with Gasteiger partial charge >= 0.3 is 0 Å². The Labute approximate surface area is 124 Å². The quantitative estimate of drug-likeness (QED) is 0.628. The molecule has 1 aliphatic rings. The summed E-state index contributed by atoms with van der Waals surface area (Å²) in [6, 6.07) is 1.37. The predicted octanol–water partition coefficient (Wildman–Crippen LogP) is 1.06. The van der Waals surface area contributed by atoms with E-state index in [4.69, 9.17) is 5.84 Å². The van der Waals surface area contributed by atoms with E-state index in [1.54, 1.807) is 11.9 Å².